The van der Waals surface area contributed by atoms with Crippen LogP contribution >= 0.6 is 0 Å². The van der Waals surface area contributed by atoms with Gasteiger partial charge in [0.1, 0.15) is 5.75 Å². The third-order valence-electron chi connectivity index (χ3n) is 2.13. The maximum atomic E-state index is 5.38. The molecule has 0 aromatic heterocycles. The van der Waals surface area contributed by atoms with E-state index in [-0.39, 0.29) is 0 Å². The van der Waals surface area contributed by atoms with Crippen molar-refractivity contribution in [3.05, 3.63) is 29.3 Å². The van der Waals surface area contributed by atoms with Crippen LogP contribution < -0.4 is 4.74 Å². The molecule has 0 aliphatic rings. The van der Waals surface area contributed by atoms with Crippen LogP contribution in [0.1, 0.15) is 38.8 Å². The molecule has 0 heterocycles. The molecule has 1 heteroatoms. The van der Waals surface area contributed by atoms with E-state index in [0.29, 0.717) is 5.92 Å². The summed E-state index contributed by atoms with van der Waals surface area (Å²) in [5.41, 5.74) is 2.54. The van der Waals surface area contributed by atoms with Crippen molar-refractivity contribution in [3.8, 4) is 5.75 Å². The van der Waals surface area contributed by atoms with Crippen molar-refractivity contribution in [2.75, 3.05) is 7.11 Å². The van der Waals surface area contributed by atoms with E-state index in [0.717, 1.165) is 12.2 Å². The molecule has 0 amide bonds. The second-order valence-corrected chi connectivity index (χ2v) is 3.87. The second-order valence-electron chi connectivity index (χ2n) is 3.87. The van der Waals surface area contributed by atoms with Crippen LogP contribution in [0.4, 0.5) is 0 Å². The topological polar surface area (TPSA) is 9.23 Å². The average Bonchev–Trinajstić information content (AvgIpc) is 2.20. The van der Waals surface area contributed by atoms with Gasteiger partial charge in [-0.2, -0.15) is 0 Å². The molecule has 1 nitrogen and oxygen atoms in total. The fraction of sp³-hybridized carbons (Fsp3) is 0.571. The lowest BCUT2D eigenvalue weighted by Gasteiger charge is -2.12. The van der Waals surface area contributed by atoms with E-state index in [1.165, 1.54) is 11.1 Å². The van der Waals surface area contributed by atoms with Crippen molar-refractivity contribution in [1.29, 1.82) is 0 Å². The molecule has 86 valence electrons. The Balaban J connectivity index is 0.000000921. The summed E-state index contributed by atoms with van der Waals surface area (Å²) >= 11 is 0. The first-order valence-corrected chi connectivity index (χ1v) is 5.77. The standard InChI is InChI=1S/C12H18O.C2H6/c1-9(2)8-11-7-5-6-10(3)12(11)13-4;1-2/h5-7,9H,8H2,1-4H3;1-2H3. The lowest BCUT2D eigenvalue weighted by Crippen LogP contribution is -1.99. The first-order valence-electron chi connectivity index (χ1n) is 5.77. The van der Waals surface area contributed by atoms with Crippen molar-refractivity contribution in [1.82, 2.24) is 0 Å². The van der Waals surface area contributed by atoms with Crippen LogP contribution in [-0.2, 0) is 6.42 Å². The summed E-state index contributed by atoms with van der Waals surface area (Å²) in [5.74, 6) is 1.73. The second kappa shape index (κ2) is 7.33. The van der Waals surface area contributed by atoms with Gasteiger partial charge in [0, 0.05) is 0 Å². The monoisotopic (exact) mass is 208 g/mol. The molecule has 0 aliphatic carbocycles. The molecule has 1 rings (SSSR count). The molecule has 1 aromatic carbocycles. The summed E-state index contributed by atoms with van der Waals surface area (Å²) in [6.07, 6.45) is 1.09. The zero-order valence-corrected chi connectivity index (χ0v) is 10.9. The van der Waals surface area contributed by atoms with Gasteiger partial charge >= 0.3 is 0 Å². The normalized spacial score (nSPS) is 9.53. The summed E-state index contributed by atoms with van der Waals surface area (Å²) in [6.45, 7) is 10.5. The lowest BCUT2D eigenvalue weighted by atomic mass is 10.00. The summed E-state index contributed by atoms with van der Waals surface area (Å²) in [7, 11) is 1.74. The predicted octanol–water partition coefficient (Wildman–Crippen LogP) is 4.23. The van der Waals surface area contributed by atoms with Crippen molar-refractivity contribution >= 4 is 0 Å². The number of aryl methyl sites for hydroxylation is 1. The number of methoxy groups -OCH3 is 1. The molecule has 0 fully saturated rings. The van der Waals surface area contributed by atoms with Crippen LogP contribution in [0.2, 0.25) is 0 Å². The third kappa shape index (κ3) is 4.37. The SMILES string of the molecule is CC.COc1c(C)cccc1CC(C)C. The molecular weight excluding hydrogens is 184 g/mol. The van der Waals surface area contributed by atoms with Crippen molar-refractivity contribution in [2.24, 2.45) is 5.92 Å². The van der Waals surface area contributed by atoms with E-state index in [1.54, 1.807) is 7.11 Å². The van der Waals surface area contributed by atoms with Gasteiger partial charge in [-0.05, 0) is 30.4 Å². The molecule has 0 aliphatic heterocycles. The maximum absolute atomic E-state index is 5.38. The van der Waals surface area contributed by atoms with Crippen LogP contribution in [0, 0.1) is 12.8 Å². The number of hydrogen-bond donors (Lipinski definition) is 0. The molecular formula is C14H24O. The zero-order chi connectivity index (χ0) is 11.8. The molecule has 15 heavy (non-hydrogen) atoms. The van der Waals surface area contributed by atoms with Crippen LogP contribution in [0.25, 0.3) is 0 Å². The van der Waals surface area contributed by atoms with E-state index < -0.39 is 0 Å². The van der Waals surface area contributed by atoms with Crippen LogP contribution in [-0.4, -0.2) is 7.11 Å². The maximum Gasteiger partial charge on any atom is 0.124 e. The van der Waals surface area contributed by atoms with Gasteiger partial charge in [0.05, 0.1) is 7.11 Å². The molecule has 0 spiro atoms. The van der Waals surface area contributed by atoms with Crippen molar-refractivity contribution in [3.63, 3.8) is 0 Å². The molecule has 0 atom stereocenters. The summed E-state index contributed by atoms with van der Waals surface area (Å²) in [4.78, 5) is 0. The Morgan fingerprint density at radius 3 is 2.27 bits per heavy atom. The zero-order valence-electron chi connectivity index (χ0n) is 10.9. The molecule has 0 saturated carbocycles. The highest BCUT2D eigenvalue weighted by Crippen LogP contribution is 2.25. The highest BCUT2D eigenvalue weighted by Gasteiger charge is 2.06. The minimum atomic E-state index is 0.677. The number of ether oxygens (including phenoxy) is 1. The Morgan fingerprint density at radius 2 is 1.80 bits per heavy atom. The van der Waals surface area contributed by atoms with E-state index in [2.05, 4.69) is 39.0 Å². The number of hydrogen-bond acceptors (Lipinski definition) is 1. The Morgan fingerprint density at radius 1 is 1.20 bits per heavy atom. The van der Waals surface area contributed by atoms with Gasteiger partial charge in [0.15, 0.2) is 0 Å². The van der Waals surface area contributed by atoms with Crippen LogP contribution in [0.15, 0.2) is 18.2 Å². The van der Waals surface area contributed by atoms with Gasteiger partial charge in [-0.25, -0.2) is 0 Å². The Kier molecular flexibility index (Phi) is 6.85. The minimum Gasteiger partial charge on any atom is -0.496 e. The van der Waals surface area contributed by atoms with E-state index in [1.807, 2.05) is 13.8 Å². The fourth-order valence-corrected chi connectivity index (χ4v) is 1.61. The first-order chi connectivity index (χ1) is 7.15. The smallest absolute Gasteiger partial charge is 0.124 e. The number of rotatable bonds is 3. The van der Waals surface area contributed by atoms with E-state index >= 15 is 0 Å². The molecule has 0 N–H and O–H groups in total. The summed E-state index contributed by atoms with van der Waals surface area (Å²) in [5, 5.41) is 0. The largest absolute Gasteiger partial charge is 0.496 e. The Labute approximate surface area is 94.5 Å². The van der Waals surface area contributed by atoms with Gasteiger partial charge < -0.3 is 4.74 Å². The first kappa shape index (κ1) is 14.0. The summed E-state index contributed by atoms with van der Waals surface area (Å²) < 4.78 is 5.38. The lowest BCUT2D eigenvalue weighted by molar-refractivity contribution is 0.403. The molecule has 0 unspecified atom stereocenters. The van der Waals surface area contributed by atoms with Gasteiger partial charge in [-0.3, -0.25) is 0 Å². The summed E-state index contributed by atoms with van der Waals surface area (Å²) in [6, 6.07) is 6.32. The Bertz CT molecular complexity index is 277. The van der Waals surface area contributed by atoms with Crippen molar-refractivity contribution < 1.29 is 4.74 Å². The molecule has 0 bridgehead atoms. The minimum absolute atomic E-state index is 0.677. The molecule has 0 saturated heterocycles. The molecule has 0 radical (unpaired) electrons. The quantitative estimate of drug-likeness (QED) is 0.722. The van der Waals surface area contributed by atoms with Gasteiger partial charge in [0.2, 0.25) is 0 Å². The van der Waals surface area contributed by atoms with Crippen molar-refractivity contribution in [2.45, 2.75) is 41.0 Å². The van der Waals surface area contributed by atoms with E-state index in [4.69, 9.17) is 4.74 Å². The van der Waals surface area contributed by atoms with Gasteiger partial charge in [-0.1, -0.05) is 45.9 Å². The molecule has 1 aromatic rings. The number of para-hydroxylation sites is 1. The fourth-order valence-electron chi connectivity index (χ4n) is 1.61. The highest BCUT2D eigenvalue weighted by atomic mass is 16.5. The average molecular weight is 208 g/mol. The Hall–Kier alpha value is -0.980. The van der Waals surface area contributed by atoms with Gasteiger partial charge in [-0.15, -0.1) is 0 Å². The number of benzene rings is 1. The van der Waals surface area contributed by atoms with Gasteiger partial charge in [0.25, 0.3) is 0 Å². The van der Waals surface area contributed by atoms with Crippen LogP contribution in [0.5, 0.6) is 5.75 Å². The highest BCUT2D eigenvalue weighted by molar-refractivity contribution is 5.40. The van der Waals surface area contributed by atoms with E-state index in [9.17, 15) is 0 Å². The predicted molar refractivity (Wildman–Crippen MR) is 67.6 cm³/mol. The van der Waals surface area contributed by atoms with Crippen LogP contribution in [0.3, 0.4) is 0 Å². The third-order valence-corrected chi connectivity index (χ3v) is 2.13.